The molecule has 1 aliphatic rings. The minimum absolute atomic E-state index is 0.152. The summed E-state index contributed by atoms with van der Waals surface area (Å²) in [4.78, 5) is 16.0. The summed E-state index contributed by atoms with van der Waals surface area (Å²) in [6.07, 6.45) is 0. The van der Waals surface area contributed by atoms with Crippen LogP contribution in [0.4, 0.5) is 0 Å². The highest BCUT2D eigenvalue weighted by molar-refractivity contribution is 6.35. The van der Waals surface area contributed by atoms with Crippen LogP contribution in [0.3, 0.4) is 0 Å². The summed E-state index contributed by atoms with van der Waals surface area (Å²) in [7, 11) is 0. The number of aryl methyl sites for hydroxylation is 2. The molecule has 1 aliphatic carbocycles. The summed E-state index contributed by atoms with van der Waals surface area (Å²) in [5.41, 5.74) is 5.19. The molecule has 3 rings (SSSR count). The van der Waals surface area contributed by atoms with Crippen molar-refractivity contribution in [2.24, 2.45) is 0 Å². The standard InChI is InChI=1S/C19H12N2O/c1-11-4-6-13-15(8-11)16-9-12(2)5-7-14(16)19(22)18(13)17(10-20)21-3/h4-9H,1-2H3/b18-17-. The zero-order valence-corrected chi connectivity index (χ0v) is 12.3. The number of Topliss-reactive ketones (excluding diaryl/α,β-unsaturated/α-hetero) is 1. The highest BCUT2D eigenvalue weighted by atomic mass is 16.1. The van der Waals surface area contributed by atoms with E-state index < -0.39 is 0 Å². The van der Waals surface area contributed by atoms with Crippen molar-refractivity contribution in [2.45, 2.75) is 13.8 Å². The molecule has 0 atom stereocenters. The predicted molar refractivity (Wildman–Crippen MR) is 84.8 cm³/mol. The Labute approximate surface area is 129 Å². The van der Waals surface area contributed by atoms with Crippen molar-refractivity contribution in [1.82, 2.24) is 0 Å². The number of fused-ring (bicyclic) bond motifs is 3. The number of allylic oxidation sites excluding steroid dienone is 2. The molecule has 0 N–H and O–H groups in total. The fourth-order valence-electron chi connectivity index (χ4n) is 2.81. The van der Waals surface area contributed by atoms with E-state index in [9.17, 15) is 10.1 Å². The van der Waals surface area contributed by atoms with Crippen LogP contribution < -0.4 is 0 Å². The molecule has 0 bridgehead atoms. The average molecular weight is 284 g/mol. The highest BCUT2D eigenvalue weighted by Crippen LogP contribution is 2.41. The molecule has 104 valence electrons. The largest absolute Gasteiger partial charge is 0.290 e. The van der Waals surface area contributed by atoms with Gasteiger partial charge >= 0.3 is 0 Å². The van der Waals surface area contributed by atoms with E-state index in [-0.39, 0.29) is 17.1 Å². The molecule has 2 aromatic rings. The van der Waals surface area contributed by atoms with E-state index in [0.29, 0.717) is 11.1 Å². The number of hydrogen-bond donors (Lipinski definition) is 0. The number of ketones is 1. The second-order valence-electron chi connectivity index (χ2n) is 5.37. The maximum absolute atomic E-state index is 12.8. The third-order valence-electron chi connectivity index (χ3n) is 3.84. The van der Waals surface area contributed by atoms with Crippen LogP contribution in [-0.4, -0.2) is 5.78 Å². The lowest BCUT2D eigenvalue weighted by Gasteiger charge is -2.22. The predicted octanol–water partition coefficient (Wildman–Crippen LogP) is 4.32. The number of nitrogens with zero attached hydrogens (tertiary/aromatic N) is 2. The average Bonchev–Trinajstić information content (AvgIpc) is 2.51. The molecule has 0 aromatic heterocycles. The Kier molecular flexibility index (Phi) is 3.13. The van der Waals surface area contributed by atoms with Gasteiger partial charge in [0.1, 0.15) is 0 Å². The van der Waals surface area contributed by atoms with Gasteiger partial charge in [0.15, 0.2) is 5.78 Å². The van der Waals surface area contributed by atoms with E-state index in [4.69, 9.17) is 6.57 Å². The van der Waals surface area contributed by atoms with Gasteiger partial charge in [-0.3, -0.25) is 4.79 Å². The Hall–Kier alpha value is -3.17. The number of hydrogen-bond acceptors (Lipinski definition) is 2. The van der Waals surface area contributed by atoms with Crippen LogP contribution in [0, 0.1) is 31.8 Å². The quantitative estimate of drug-likeness (QED) is 0.411. The lowest BCUT2D eigenvalue weighted by atomic mass is 9.79. The van der Waals surface area contributed by atoms with Crippen LogP contribution >= 0.6 is 0 Å². The molecule has 0 saturated heterocycles. The second-order valence-corrected chi connectivity index (χ2v) is 5.37. The van der Waals surface area contributed by atoms with E-state index in [2.05, 4.69) is 4.85 Å². The van der Waals surface area contributed by atoms with Crippen molar-refractivity contribution in [3.63, 3.8) is 0 Å². The van der Waals surface area contributed by atoms with Crippen LogP contribution in [0.5, 0.6) is 0 Å². The Morgan fingerprint density at radius 2 is 1.55 bits per heavy atom. The first-order chi connectivity index (χ1) is 10.6. The van der Waals surface area contributed by atoms with Gasteiger partial charge in [0.25, 0.3) is 5.70 Å². The molecule has 0 saturated carbocycles. The van der Waals surface area contributed by atoms with Gasteiger partial charge in [0.2, 0.25) is 0 Å². The molecule has 2 aromatic carbocycles. The second kappa shape index (κ2) is 4.98. The SMILES string of the molecule is [C-]#[N+]/C(C#N)=C1\C(=O)c2ccc(C)cc2-c2cc(C)ccc21. The van der Waals surface area contributed by atoms with E-state index in [0.717, 1.165) is 22.3 Å². The van der Waals surface area contributed by atoms with Crippen molar-refractivity contribution >= 4 is 11.4 Å². The van der Waals surface area contributed by atoms with Crippen molar-refractivity contribution < 1.29 is 4.79 Å². The van der Waals surface area contributed by atoms with Gasteiger partial charge in [-0.05, 0) is 30.5 Å². The Morgan fingerprint density at radius 1 is 1.00 bits per heavy atom. The fourth-order valence-corrected chi connectivity index (χ4v) is 2.81. The smallest absolute Gasteiger partial charge is 0.273 e. The van der Waals surface area contributed by atoms with E-state index in [1.807, 2.05) is 50.2 Å². The first kappa shape index (κ1) is 13.8. The van der Waals surface area contributed by atoms with Gasteiger partial charge in [-0.25, -0.2) is 10.1 Å². The normalized spacial score (nSPS) is 14.5. The molecule has 0 spiro atoms. The molecule has 22 heavy (non-hydrogen) atoms. The lowest BCUT2D eigenvalue weighted by molar-refractivity contribution is 0.105. The van der Waals surface area contributed by atoms with E-state index >= 15 is 0 Å². The Bertz CT molecular complexity index is 921. The van der Waals surface area contributed by atoms with Gasteiger partial charge in [0.05, 0.1) is 12.6 Å². The third kappa shape index (κ3) is 1.92. The molecular weight excluding hydrogens is 272 g/mol. The Balaban J connectivity index is 2.47. The van der Waals surface area contributed by atoms with Crippen LogP contribution in [0.25, 0.3) is 21.5 Å². The molecule has 3 nitrogen and oxygen atoms in total. The van der Waals surface area contributed by atoms with Crippen LogP contribution in [0.1, 0.15) is 27.0 Å². The number of nitriles is 1. The number of carbonyl (C=O) groups excluding carboxylic acids is 1. The van der Waals surface area contributed by atoms with Crippen molar-refractivity contribution in [1.29, 1.82) is 5.26 Å². The summed E-state index contributed by atoms with van der Waals surface area (Å²) in [6.45, 7) is 11.1. The zero-order valence-electron chi connectivity index (χ0n) is 12.3. The molecule has 0 unspecified atom stereocenters. The minimum atomic E-state index is -0.251. The van der Waals surface area contributed by atoms with Crippen molar-refractivity contribution in [3.05, 3.63) is 75.8 Å². The van der Waals surface area contributed by atoms with Crippen LogP contribution in [-0.2, 0) is 0 Å². The molecule has 0 heterocycles. The first-order valence-electron chi connectivity index (χ1n) is 6.85. The zero-order chi connectivity index (χ0) is 15.9. The molecule has 0 aliphatic heterocycles. The van der Waals surface area contributed by atoms with Crippen LogP contribution in [0.2, 0.25) is 0 Å². The molecule has 0 radical (unpaired) electrons. The van der Waals surface area contributed by atoms with Gasteiger partial charge in [0, 0.05) is 11.1 Å². The van der Waals surface area contributed by atoms with Gasteiger partial charge < -0.3 is 0 Å². The third-order valence-corrected chi connectivity index (χ3v) is 3.84. The number of benzene rings is 2. The Morgan fingerprint density at radius 3 is 2.09 bits per heavy atom. The van der Waals surface area contributed by atoms with Crippen molar-refractivity contribution in [2.75, 3.05) is 0 Å². The first-order valence-corrected chi connectivity index (χ1v) is 6.85. The van der Waals surface area contributed by atoms with E-state index in [1.54, 1.807) is 6.07 Å². The summed E-state index contributed by atoms with van der Waals surface area (Å²) in [5, 5.41) is 9.19. The van der Waals surface area contributed by atoms with Gasteiger partial charge in [-0.1, -0.05) is 47.5 Å². The highest BCUT2D eigenvalue weighted by Gasteiger charge is 2.29. The topological polar surface area (TPSA) is 45.2 Å². The summed E-state index contributed by atoms with van der Waals surface area (Å²) in [6, 6.07) is 13.2. The summed E-state index contributed by atoms with van der Waals surface area (Å²) >= 11 is 0. The van der Waals surface area contributed by atoms with Crippen molar-refractivity contribution in [3.8, 4) is 17.2 Å². The van der Waals surface area contributed by atoms with Gasteiger partial charge in [-0.2, -0.15) is 0 Å². The minimum Gasteiger partial charge on any atom is -0.290 e. The number of rotatable bonds is 0. The monoisotopic (exact) mass is 284 g/mol. The van der Waals surface area contributed by atoms with E-state index in [1.165, 1.54) is 0 Å². The maximum atomic E-state index is 12.8. The molecule has 3 heteroatoms. The van der Waals surface area contributed by atoms with Gasteiger partial charge in [-0.15, -0.1) is 0 Å². The summed E-state index contributed by atoms with van der Waals surface area (Å²) < 4.78 is 0. The fraction of sp³-hybridized carbons (Fsp3) is 0.105. The number of carbonyl (C=O) groups is 1. The molecule has 0 amide bonds. The molecular formula is C19H12N2O. The van der Waals surface area contributed by atoms with Crippen LogP contribution in [0.15, 0.2) is 42.1 Å². The maximum Gasteiger partial charge on any atom is 0.273 e. The lowest BCUT2D eigenvalue weighted by Crippen LogP contribution is -2.13. The summed E-state index contributed by atoms with van der Waals surface area (Å²) in [5.74, 6) is -0.251. The molecule has 0 fully saturated rings.